The highest BCUT2D eigenvalue weighted by atomic mass is 16.6. The first-order valence-corrected chi connectivity index (χ1v) is 5.33. The fourth-order valence-electron chi connectivity index (χ4n) is 1.44. The molecule has 0 aliphatic carbocycles. The number of benzene rings is 1. The molecular weight excluding hydrogens is 268 g/mol. The van der Waals surface area contributed by atoms with Crippen molar-refractivity contribution in [3.63, 3.8) is 0 Å². The molecule has 0 aliphatic rings. The molecular formula is C12H12N2O6. The van der Waals surface area contributed by atoms with E-state index < -0.39 is 22.4 Å². The number of hydrogen-bond donors (Lipinski definition) is 1. The number of esters is 2. The van der Waals surface area contributed by atoms with Gasteiger partial charge in [-0.05, 0) is 0 Å². The van der Waals surface area contributed by atoms with E-state index in [0.717, 1.165) is 20.3 Å². The summed E-state index contributed by atoms with van der Waals surface area (Å²) in [4.78, 5) is 33.2. The maximum absolute atomic E-state index is 11.6. The van der Waals surface area contributed by atoms with Crippen LogP contribution in [0.4, 0.5) is 5.69 Å². The van der Waals surface area contributed by atoms with E-state index in [1.54, 1.807) is 0 Å². The molecule has 0 amide bonds. The van der Waals surface area contributed by atoms with Gasteiger partial charge in [-0.15, -0.1) is 0 Å². The minimum atomic E-state index is -0.985. The van der Waals surface area contributed by atoms with Gasteiger partial charge in [0.1, 0.15) is 0 Å². The highest BCUT2D eigenvalue weighted by Crippen LogP contribution is 2.20. The Bertz CT molecular complexity index is 575. The normalized spacial score (nSPS) is 9.50. The first kappa shape index (κ1) is 15.2. The Morgan fingerprint density at radius 2 is 1.75 bits per heavy atom. The number of carbonyl (C=O) groups is 2. The second-order valence-corrected chi connectivity index (χ2v) is 3.58. The molecule has 2 N–H and O–H groups in total. The van der Waals surface area contributed by atoms with Gasteiger partial charge in [0, 0.05) is 17.7 Å². The Morgan fingerprint density at radius 1 is 1.20 bits per heavy atom. The van der Waals surface area contributed by atoms with E-state index in [1.165, 1.54) is 18.2 Å². The van der Waals surface area contributed by atoms with Gasteiger partial charge in [0.25, 0.3) is 5.69 Å². The first-order chi connectivity index (χ1) is 9.42. The molecule has 0 fully saturated rings. The Kier molecular flexibility index (Phi) is 4.79. The molecule has 0 aliphatic heterocycles. The van der Waals surface area contributed by atoms with Gasteiger partial charge in [0.2, 0.25) is 0 Å². The Hall–Kier alpha value is -2.90. The second-order valence-electron chi connectivity index (χ2n) is 3.58. The number of nitro benzene ring substituents is 1. The van der Waals surface area contributed by atoms with Crippen LogP contribution in [0.1, 0.15) is 5.56 Å². The van der Waals surface area contributed by atoms with Crippen molar-refractivity contribution in [1.29, 1.82) is 0 Å². The van der Waals surface area contributed by atoms with Gasteiger partial charge < -0.3 is 15.2 Å². The third-order valence-corrected chi connectivity index (χ3v) is 2.42. The Balaban J connectivity index is 3.42. The summed E-state index contributed by atoms with van der Waals surface area (Å²) in [5.74, 6) is -1.97. The van der Waals surface area contributed by atoms with Gasteiger partial charge in [-0.25, -0.2) is 9.59 Å². The van der Waals surface area contributed by atoms with Gasteiger partial charge in [0.05, 0.1) is 24.8 Å². The number of ether oxygens (including phenoxy) is 2. The summed E-state index contributed by atoms with van der Waals surface area (Å²) in [5.41, 5.74) is 4.86. The lowest BCUT2D eigenvalue weighted by Gasteiger charge is -2.08. The molecule has 0 spiro atoms. The standard InChI is InChI=1S/C12H12N2O6/c1-19-11(15)9(12(16)20-2)10(13)7-4-3-5-8(6-7)14(17)18/h3-6H,13H2,1-2H3. The molecule has 0 atom stereocenters. The Labute approximate surface area is 113 Å². The SMILES string of the molecule is COC(=O)C(C(=O)OC)=C(N)c1cccc([N+](=O)[O-])c1. The molecule has 1 rings (SSSR count). The van der Waals surface area contributed by atoms with E-state index in [9.17, 15) is 19.7 Å². The number of nitrogens with two attached hydrogens (primary N) is 1. The van der Waals surface area contributed by atoms with E-state index in [0.29, 0.717) is 0 Å². The van der Waals surface area contributed by atoms with E-state index >= 15 is 0 Å². The number of nitro groups is 1. The van der Waals surface area contributed by atoms with Crippen molar-refractivity contribution < 1.29 is 24.0 Å². The van der Waals surface area contributed by atoms with Crippen molar-refractivity contribution in [1.82, 2.24) is 0 Å². The minimum Gasteiger partial charge on any atom is -0.465 e. The van der Waals surface area contributed by atoms with E-state index in [4.69, 9.17) is 5.73 Å². The number of non-ortho nitro benzene ring substituents is 1. The van der Waals surface area contributed by atoms with Crippen molar-refractivity contribution in [3.05, 3.63) is 45.5 Å². The quantitative estimate of drug-likeness (QED) is 0.214. The smallest absolute Gasteiger partial charge is 0.347 e. The molecule has 0 heterocycles. The zero-order chi connectivity index (χ0) is 15.3. The van der Waals surface area contributed by atoms with Gasteiger partial charge in [0.15, 0.2) is 5.57 Å². The molecule has 8 nitrogen and oxygen atoms in total. The van der Waals surface area contributed by atoms with Gasteiger partial charge in [-0.2, -0.15) is 0 Å². The molecule has 1 aromatic carbocycles. The topological polar surface area (TPSA) is 122 Å². The van der Waals surface area contributed by atoms with Crippen LogP contribution in [0.5, 0.6) is 0 Å². The number of rotatable bonds is 4. The van der Waals surface area contributed by atoms with Crippen molar-refractivity contribution in [2.24, 2.45) is 5.73 Å². The van der Waals surface area contributed by atoms with Crippen LogP contribution < -0.4 is 5.73 Å². The number of carbonyl (C=O) groups excluding carboxylic acids is 2. The van der Waals surface area contributed by atoms with Crippen LogP contribution in [-0.4, -0.2) is 31.1 Å². The summed E-state index contributed by atoms with van der Waals surface area (Å²) in [5, 5.41) is 10.7. The molecule has 1 aromatic rings. The van der Waals surface area contributed by atoms with Crippen molar-refractivity contribution >= 4 is 23.3 Å². The van der Waals surface area contributed by atoms with Crippen LogP contribution >= 0.6 is 0 Å². The average Bonchev–Trinajstić information content (AvgIpc) is 2.46. The van der Waals surface area contributed by atoms with Crippen molar-refractivity contribution in [2.75, 3.05) is 14.2 Å². The number of methoxy groups -OCH3 is 2. The lowest BCUT2D eigenvalue weighted by atomic mass is 10.1. The maximum atomic E-state index is 11.6. The lowest BCUT2D eigenvalue weighted by molar-refractivity contribution is -0.384. The average molecular weight is 280 g/mol. The van der Waals surface area contributed by atoms with Crippen LogP contribution in [0.15, 0.2) is 29.8 Å². The molecule has 0 saturated carbocycles. The lowest BCUT2D eigenvalue weighted by Crippen LogP contribution is -2.20. The fourth-order valence-corrected chi connectivity index (χ4v) is 1.44. The predicted octanol–water partition coefficient (Wildman–Crippen LogP) is 0.611. The third-order valence-electron chi connectivity index (χ3n) is 2.42. The Morgan fingerprint density at radius 3 is 2.20 bits per heavy atom. The van der Waals surface area contributed by atoms with E-state index in [-0.39, 0.29) is 16.9 Å². The van der Waals surface area contributed by atoms with Crippen LogP contribution in [0.2, 0.25) is 0 Å². The van der Waals surface area contributed by atoms with E-state index in [2.05, 4.69) is 9.47 Å². The summed E-state index contributed by atoms with van der Waals surface area (Å²) < 4.78 is 8.89. The monoisotopic (exact) mass is 280 g/mol. The highest BCUT2D eigenvalue weighted by molar-refractivity contribution is 6.19. The summed E-state index contributed by atoms with van der Waals surface area (Å²) in [6.07, 6.45) is 0. The molecule has 8 heteroatoms. The molecule has 106 valence electrons. The molecule has 20 heavy (non-hydrogen) atoms. The largest absolute Gasteiger partial charge is 0.465 e. The molecule has 0 bridgehead atoms. The van der Waals surface area contributed by atoms with Crippen molar-refractivity contribution in [2.45, 2.75) is 0 Å². The van der Waals surface area contributed by atoms with Crippen molar-refractivity contribution in [3.8, 4) is 0 Å². The molecule has 0 unspecified atom stereocenters. The van der Waals surface area contributed by atoms with Crippen LogP contribution in [0.3, 0.4) is 0 Å². The molecule has 0 saturated heterocycles. The van der Waals surface area contributed by atoms with Crippen LogP contribution in [0.25, 0.3) is 5.70 Å². The zero-order valence-corrected chi connectivity index (χ0v) is 10.8. The first-order valence-electron chi connectivity index (χ1n) is 5.33. The maximum Gasteiger partial charge on any atom is 0.347 e. The fraction of sp³-hybridized carbons (Fsp3) is 0.167. The van der Waals surface area contributed by atoms with Crippen LogP contribution in [-0.2, 0) is 19.1 Å². The summed E-state index contributed by atoms with van der Waals surface area (Å²) >= 11 is 0. The summed E-state index contributed by atoms with van der Waals surface area (Å²) in [6, 6.07) is 5.20. The minimum absolute atomic E-state index is 0.144. The van der Waals surface area contributed by atoms with Gasteiger partial charge >= 0.3 is 11.9 Å². The van der Waals surface area contributed by atoms with E-state index in [1.807, 2.05) is 0 Å². The summed E-state index contributed by atoms with van der Waals surface area (Å²) in [6.45, 7) is 0. The molecule has 0 aromatic heterocycles. The number of hydrogen-bond acceptors (Lipinski definition) is 7. The zero-order valence-electron chi connectivity index (χ0n) is 10.8. The number of nitrogens with zero attached hydrogens (tertiary/aromatic N) is 1. The van der Waals surface area contributed by atoms with Gasteiger partial charge in [-0.3, -0.25) is 10.1 Å². The highest BCUT2D eigenvalue weighted by Gasteiger charge is 2.25. The van der Waals surface area contributed by atoms with Gasteiger partial charge in [-0.1, -0.05) is 12.1 Å². The van der Waals surface area contributed by atoms with Crippen LogP contribution in [0, 0.1) is 10.1 Å². The second kappa shape index (κ2) is 6.32. The predicted molar refractivity (Wildman–Crippen MR) is 68.2 cm³/mol. The third kappa shape index (κ3) is 3.10. The summed E-state index contributed by atoms with van der Waals surface area (Å²) in [7, 11) is 2.15. The molecule has 0 radical (unpaired) electrons.